The van der Waals surface area contributed by atoms with Crippen molar-refractivity contribution in [1.82, 2.24) is 25.2 Å². The first-order valence-electron chi connectivity index (χ1n) is 27.0. The van der Waals surface area contributed by atoms with Crippen LogP contribution in [-0.4, -0.2) is 32.6 Å². The van der Waals surface area contributed by atoms with Crippen molar-refractivity contribution in [3.8, 4) is 56.2 Å². The fourth-order valence-corrected chi connectivity index (χ4v) is 12.5. The van der Waals surface area contributed by atoms with Crippen molar-refractivity contribution in [2.75, 3.05) is 7.05 Å². The summed E-state index contributed by atoms with van der Waals surface area (Å²) in [7, 11) is 2.27. The second-order valence-electron chi connectivity index (χ2n) is 20.8. The molecule has 0 radical (unpaired) electrons. The van der Waals surface area contributed by atoms with Crippen LogP contribution in [0.4, 0.5) is 0 Å². The molecule has 7 aromatic carbocycles. The molecule has 6 atom stereocenters. The molecule has 1 N–H and O–H groups in total. The van der Waals surface area contributed by atoms with E-state index >= 15 is 0 Å². The van der Waals surface area contributed by atoms with Crippen LogP contribution >= 0.6 is 0 Å². The van der Waals surface area contributed by atoms with Gasteiger partial charge >= 0.3 is 0 Å². The van der Waals surface area contributed by atoms with Crippen LogP contribution in [0.1, 0.15) is 76.3 Å². The van der Waals surface area contributed by atoms with Crippen molar-refractivity contribution in [3.05, 3.63) is 293 Å². The van der Waals surface area contributed by atoms with Crippen molar-refractivity contribution < 1.29 is 0 Å². The van der Waals surface area contributed by atoms with E-state index in [-0.39, 0.29) is 36.1 Å². The molecule has 6 heteroatoms. The van der Waals surface area contributed by atoms with Gasteiger partial charge in [0, 0.05) is 45.7 Å². The number of aromatic nitrogens is 3. The molecule has 4 heterocycles. The first-order valence-corrected chi connectivity index (χ1v) is 27.0. The number of allylic oxidation sites excluding steroid dienone is 5. The number of fused-ring (bicyclic) bond motifs is 6. The maximum absolute atomic E-state index is 5.60. The van der Waals surface area contributed by atoms with Crippen LogP contribution in [0, 0.1) is 11.8 Å². The van der Waals surface area contributed by atoms with Crippen LogP contribution in [0.25, 0.3) is 68.3 Å². The van der Waals surface area contributed by atoms with E-state index in [0.29, 0.717) is 5.82 Å². The number of hydrogen-bond donors (Lipinski definition) is 1. The van der Waals surface area contributed by atoms with Crippen molar-refractivity contribution in [2.24, 2.45) is 16.8 Å². The summed E-state index contributed by atoms with van der Waals surface area (Å²) in [5, 5.41) is 4.17. The number of aliphatic imine (C=N–C) groups is 1. The predicted molar refractivity (Wildman–Crippen MR) is 314 cm³/mol. The second-order valence-corrected chi connectivity index (χ2v) is 20.8. The summed E-state index contributed by atoms with van der Waals surface area (Å²) in [6.07, 6.45) is 20.4. The van der Waals surface area contributed by atoms with Crippen LogP contribution in [-0.2, 0) is 0 Å². The van der Waals surface area contributed by atoms with E-state index in [1.54, 1.807) is 0 Å². The molecule has 77 heavy (non-hydrogen) atoms. The third-order valence-corrected chi connectivity index (χ3v) is 16.2. The Morgan fingerprint density at radius 1 is 0.532 bits per heavy atom. The normalized spacial score (nSPS) is 21.2. The summed E-state index contributed by atoms with van der Waals surface area (Å²) in [6, 6.07) is 73.4. The zero-order valence-electron chi connectivity index (χ0n) is 42.9. The van der Waals surface area contributed by atoms with Gasteiger partial charge in [-0.3, -0.25) is 20.2 Å². The summed E-state index contributed by atoms with van der Waals surface area (Å²) in [4.78, 5) is 24.7. The van der Waals surface area contributed by atoms with Crippen molar-refractivity contribution in [3.63, 3.8) is 0 Å². The molecule has 14 rings (SSSR count). The molecule has 9 aromatic rings. The zero-order chi connectivity index (χ0) is 51.2. The summed E-state index contributed by atoms with van der Waals surface area (Å²) in [6.45, 7) is 0. The second kappa shape index (κ2) is 20.0. The minimum absolute atomic E-state index is 0.0119. The van der Waals surface area contributed by atoms with Crippen molar-refractivity contribution >= 4 is 17.9 Å². The lowest BCUT2D eigenvalue weighted by Crippen LogP contribution is -2.51. The lowest BCUT2D eigenvalue weighted by Gasteiger charge is -2.50. The molecule has 370 valence electrons. The van der Waals surface area contributed by atoms with Crippen LogP contribution < -0.4 is 5.32 Å². The lowest BCUT2D eigenvalue weighted by molar-refractivity contribution is 0.0354. The molecule has 5 aliphatic rings. The summed E-state index contributed by atoms with van der Waals surface area (Å²) in [5.41, 5.74) is 21.1. The number of nitrogens with zero attached hydrogens (tertiary/aromatic N) is 5. The highest BCUT2D eigenvalue weighted by molar-refractivity contribution is 6.10. The van der Waals surface area contributed by atoms with Gasteiger partial charge in [-0.25, -0.2) is 9.97 Å². The van der Waals surface area contributed by atoms with E-state index in [1.165, 1.54) is 39.0 Å². The molecule has 6 nitrogen and oxygen atoms in total. The number of nitrogens with one attached hydrogen (secondary N) is 1. The van der Waals surface area contributed by atoms with Gasteiger partial charge in [0.1, 0.15) is 6.04 Å². The molecule has 0 bridgehead atoms. The predicted octanol–water partition coefficient (Wildman–Crippen LogP) is 16.3. The van der Waals surface area contributed by atoms with Crippen LogP contribution in [0.2, 0.25) is 0 Å². The Balaban J connectivity index is 0.877. The minimum atomic E-state index is -0.225. The Morgan fingerprint density at radius 3 is 1.88 bits per heavy atom. The highest BCUT2D eigenvalue weighted by Gasteiger charge is 2.45. The molecule has 2 aliphatic heterocycles. The summed E-state index contributed by atoms with van der Waals surface area (Å²) in [5.74, 6) is 0.817. The Hall–Kier alpha value is -8.94. The first kappa shape index (κ1) is 46.6. The van der Waals surface area contributed by atoms with Crippen molar-refractivity contribution in [1.29, 1.82) is 0 Å². The topological polar surface area (TPSA) is 66.3 Å². The standard InChI is InChI=1S/C71H56N6/c1-77-69(59-41-39-57-61(47-24-10-3-11-25-47)45-63(49-28-14-5-15-29-49)73-66(57)68(59)76-71(77)51-32-18-7-19-33-51)55-37-21-35-53(43-55)52-34-20-36-54(42-52)64-58-40-38-56-60(46-22-8-2-9-23-46)44-62(48-26-12-4-13-27-48)72-65(56)67(58)75-70(74-64)50-30-16-6-17-31-50/h2-8,10-22,24-45,56,59,65,68-69,71,76H,9,23H2,1H3. The lowest BCUT2D eigenvalue weighted by atomic mass is 9.75. The molecule has 3 aliphatic carbocycles. The highest BCUT2D eigenvalue weighted by Crippen LogP contribution is 2.51. The molecule has 2 aromatic heterocycles. The Labute approximate surface area is 451 Å². The largest absolute Gasteiger partial charge is 0.289 e. The van der Waals surface area contributed by atoms with Gasteiger partial charge in [0.25, 0.3) is 0 Å². The van der Waals surface area contributed by atoms with Gasteiger partial charge in [-0.2, -0.15) is 0 Å². The molecule has 0 spiro atoms. The fourth-order valence-electron chi connectivity index (χ4n) is 12.5. The van der Waals surface area contributed by atoms with E-state index in [1.807, 2.05) is 6.07 Å². The number of benzene rings is 7. The van der Waals surface area contributed by atoms with Gasteiger partial charge in [-0.1, -0.05) is 231 Å². The van der Waals surface area contributed by atoms with Crippen LogP contribution in [0.3, 0.4) is 0 Å². The number of pyridine rings is 1. The summed E-state index contributed by atoms with van der Waals surface area (Å²) < 4.78 is 0. The van der Waals surface area contributed by atoms with E-state index in [0.717, 1.165) is 80.3 Å². The van der Waals surface area contributed by atoms with E-state index in [9.17, 15) is 0 Å². The molecule has 0 saturated carbocycles. The molecular weight excluding hydrogens is 937 g/mol. The maximum atomic E-state index is 5.60. The quantitative estimate of drug-likeness (QED) is 0.156. The molecule has 1 fully saturated rings. The minimum Gasteiger partial charge on any atom is -0.289 e. The van der Waals surface area contributed by atoms with Gasteiger partial charge in [0.15, 0.2) is 5.82 Å². The SMILES string of the molecule is CN1C(c2ccccc2)NC2c3nc(-c4ccccc4)cc(-c4ccccc4)c3C=CC2C1c1cccc(-c2cccc(-c3nc(-c4ccccc4)nc4c3C=CC3C(C5=CC=CCC5)=CC(c5ccccc5)=NC43)c2)c1. The van der Waals surface area contributed by atoms with Crippen molar-refractivity contribution in [2.45, 2.75) is 37.1 Å². The van der Waals surface area contributed by atoms with E-state index in [2.05, 4.69) is 266 Å². The van der Waals surface area contributed by atoms with Gasteiger partial charge in [0.05, 0.1) is 40.7 Å². The zero-order valence-corrected chi connectivity index (χ0v) is 42.9. The molecular formula is C71H56N6. The van der Waals surface area contributed by atoms with Gasteiger partial charge < -0.3 is 0 Å². The molecule has 6 unspecified atom stereocenters. The van der Waals surface area contributed by atoms with Gasteiger partial charge in [0.2, 0.25) is 0 Å². The van der Waals surface area contributed by atoms with Crippen LogP contribution in [0.15, 0.2) is 259 Å². The average Bonchev–Trinajstić information content (AvgIpc) is 3.58. The summed E-state index contributed by atoms with van der Waals surface area (Å²) >= 11 is 0. The first-order chi connectivity index (χ1) is 38.1. The number of hydrogen-bond acceptors (Lipinski definition) is 6. The average molecular weight is 993 g/mol. The third kappa shape index (κ3) is 8.66. The number of dihydropyridines is 1. The van der Waals surface area contributed by atoms with Crippen LogP contribution in [0.5, 0.6) is 0 Å². The van der Waals surface area contributed by atoms with Gasteiger partial charge in [-0.05, 0) is 94.3 Å². The molecule has 0 amide bonds. The Morgan fingerprint density at radius 2 is 1.16 bits per heavy atom. The Bertz CT molecular complexity index is 3880. The Kier molecular flexibility index (Phi) is 12.1. The smallest absolute Gasteiger partial charge is 0.160 e. The number of rotatable bonds is 9. The third-order valence-electron chi connectivity index (χ3n) is 16.2. The van der Waals surface area contributed by atoms with E-state index in [4.69, 9.17) is 19.9 Å². The molecule has 1 saturated heterocycles. The maximum Gasteiger partial charge on any atom is 0.160 e. The monoisotopic (exact) mass is 992 g/mol. The van der Waals surface area contributed by atoms with Gasteiger partial charge in [-0.15, -0.1) is 0 Å². The van der Waals surface area contributed by atoms with E-state index < -0.39 is 0 Å². The highest BCUT2D eigenvalue weighted by atomic mass is 15.3. The fraction of sp³-hybridized carbons (Fsp3) is 0.127.